The molecule has 3 aromatic rings. The van der Waals surface area contributed by atoms with E-state index in [1.807, 2.05) is 41.3 Å². The number of fused-ring (bicyclic) bond motifs is 1. The molecule has 4 rings (SSSR count). The largest absolute Gasteiger partial charge is 0.480 e. The number of carboxylic acids is 1. The van der Waals surface area contributed by atoms with Crippen LogP contribution >= 0.6 is 11.3 Å². The molecule has 1 aliphatic heterocycles. The maximum atomic E-state index is 11.2. The van der Waals surface area contributed by atoms with Crippen molar-refractivity contribution in [2.24, 2.45) is 0 Å². The lowest BCUT2D eigenvalue weighted by Crippen LogP contribution is -2.35. The molecule has 0 unspecified atom stereocenters. The Morgan fingerprint density at radius 1 is 1.35 bits per heavy atom. The van der Waals surface area contributed by atoms with Crippen LogP contribution in [-0.4, -0.2) is 33.5 Å². The summed E-state index contributed by atoms with van der Waals surface area (Å²) in [5.41, 5.74) is 0.968. The minimum Gasteiger partial charge on any atom is -0.480 e. The van der Waals surface area contributed by atoms with E-state index in [0.717, 1.165) is 39.7 Å². The number of carboxylic acid groups (broad SMARTS) is 1. The Hall–Kier alpha value is -2.18. The van der Waals surface area contributed by atoms with Gasteiger partial charge in [-0.25, -0.2) is 4.98 Å². The number of para-hydroxylation sites is 1. The van der Waals surface area contributed by atoms with Gasteiger partial charge in [0.2, 0.25) is 0 Å². The van der Waals surface area contributed by atoms with Gasteiger partial charge in [0.1, 0.15) is 11.8 Å². The van der Waals surface area contributed by atoms with Crippen LogP contribution < -0.4 is 0 Å². The van der Waals surface area contributed by atoms with E-state index in [2.05, 4.69) is 4.98 Å². The smallest absolute Gasteiger partial charge is 0.320 e. The van der Waals surface area contributed by atoms with E-state index < -0.39 is 12.0 Å². The molecule has 1 aliphatic rings. The highest BCUT2D eigenvalue weighted by Gasteiger charge is 2.30. The molecule has 1 aromatic carbocycles. The monoisotopic (exact) mass is 328 g/mol. The Labute approximate surface area is 137 Å². The summed E-state index contributed by atoms with van der Waals surface area (Å²) < 4.78 is 7.03. The molecule has 0 saturated carbocycles. The molecule has 23 heavy (non-hydrogen) atoms. The summed E-state index contributed by atoms with van der Waals surface area (Å²) >= 11 is 1.60. The number of aliphatic carboxylic acids is 1. The summed E-state index contributed by atoms with van der Waals surface area (Å²) in [6.45, 7) is 1.33. The molecule has 0 radical (unpaired) electrons. The molecular formula is C17H16N2O3S. The van der Waals surface area contributed by atoms with E-state index in [1.54, 1.807) is 11.3 Å². The molecule has 6 heteroatoms. The van der Waals surface area contributed by atoms with Gasteiger partial charge in [-0.15, -0.1) is 11.3 Å². The molecule has 1 saturated heterocycles. The average molecular weight is 328 g/mol. The van der Waals surface area contributed by atoms with E-state index in [-0.39, 0.29) is 0 Å². The first-order chi connectivity index (χ1) is 11.2. The predicted molar refractivity (Wildman–Crippen MR) is 88.4 cm³/mol. The first-order valence-corrected chi connectivity index (χ1v) is 8.44. The lowest BCUT2D eigenvalue weighted by molar-refractivity contribution is -0.142. The lowest BCUT2D eigenvalue weighted by Gasteiger charge is -2.19. The summed E-state index contributed by atoms with van der Waals surface area (Å²) in [5.74, 6) is 0.778. The maximum Gasteiger partial charge on any atom is 0.320 e. The second kappa shape index (κ2) is 5.79. The Bertz CT molecular complexity index is 821. The van der Waals surface area contributed by atoms with Gasteiger partial charge in [-0.05, 0) is 43.7 Å². The molecule has 0 bridgehead atoms. The van der Waals surface area contributed by atoms with Gasteiger partial charge < -0.3 is 9.52 Å². The van der Waals surface area contributed by atoms with Gasteiger partial charge in [-0.2, -0.15) is 0 Å². The fourth-order valence-corrected chi connectivity index (χ4v) is 3.98. The van der Waals surface area contributed by atoms with Crippen molar-refractivity contribution >= 4 is 27.5 Å². The minimum absolute atomic E-state index is 0.397. The van der Waals surface area contributed by atoms with Gasteiger partial charge in [0, 0.05) is 0 Å². The van der Waals surface area contributed by atoms with E-state index in [0.29, 0.717) is 13.0 Å². The van der Waals surface area contributed by atoms with Crippen LogP contribution in [0.1, 0.15) is 18.6 Å². The van der Waals surface area contributed by atoms with Crippen molar-refractivity contribution in [3.05, 3.63) is 42.2 Å². The Kier molecular flexibility index (Phi) is 3.63. The Morgan fingerprint density at radius 2 is 2.22 bits per heavy atom. The van der Waals surface area contributed by atoms with Crippen LogP contribution in [0.4, 0.5) is 0 Å². The molecule has 0 spiro atoms. The number of aromatic nitrogens is 1. The number of hydrogen-bond acceptors (Lipinski definition) is 5. The number of nitrogens with zero attached hydrogens (tertiary/aromatic N) is 2. The average Bonchev–Trinajstić information content (AvgIpc) is 3.25. The number of benzene rings is 1. The Balaban J connectivity index is 1.55. The first-order valence-electron chi connectivity index (χ1n) is 7.62. The van der Waals surface area contributed by atoms with Gasteiger partial charge in [0.15, 0.2) is 10.8 Å². The van der Waals surface area contributed by atoms with Crippen LogP contribution in [0.2, 0.25) is 0 Å². The highest BCUT2D eigenvalue weighted by atomic mass is 32.1. The quantitative estimate of drug-likeness (QED) is 0.792. The van der Waals surface area contributed by atoms with E-state index in [9.17, 15) is 9.90 Å². The number of carbonyl (C=O) groups is 1. The predicted octanol–water partition coefficient (Wildman–Crippen LogP) is 3.61. The van der Waals surface area contributed by atoms with E-state index in [4.69, 9.17) is 4.42 Å². The van der Waals surface area contributed by atoms with Crippen molar-refractivity contribution in [3.63, 3.8) is 0 Å². The third kappa shape index (κ3) is 2.75. The summed E-state index contributed by atoms with van der Waals surface area (Å²) in [4.78, 5) is 17.8. The molecule has 2 aromatic heterocycles. The minimum atomic E-state index is -0.750. The topological polar surface area (TPSA) is 66.6 Å². The second-order valence-corrected chi connectivity index (χ2v) is 6.75. The second-order valence-electron chi connectivity index (χ2n) is 5.72. The molecule has 118 valence electrons. The fraction of sp³-hybridized carbons (Fsp3) is 0.294. The van der Waals surface area contributed by atoms with Gasteiger partial charge >= 0.3 is 5.97 Å². The zero-order valence-corrected chi connectivity index (χ0v) is 13.3. The van der Waals surface area contributed by atoms with Gasteiger partial charge in [-0.3, -0.25) is 9.69 Å². The molecule has 1 fully saturated rings. The third-order valence-electron chi connectivity index (χ3n) is 4.17. The SMILES string of the molecule is O=C(O)[C@H]1CCCN1Cc1ccc(-c2nc3ccccc3s2)o1. The standard InChI is InChI=1S/C17H16N2O3S/c20-17(21)13-5-3-9-19(13)10-11-7-8-14(22-11)16-18-12-4-1-2-6-15(12)23-16/h1-2,4,6-8,13H,3,5,9-10H2,(H,20,21)/t13-/m1/s1. The highest BCUT2D eigenvalue weighted by Crippen LogP contribution is 2.31. The van der Waals surface area contributed by atoms with Crippen molar-refractivity contribution in [2.45, 2.75) is 25.4 Å². The summed E-state index contributed by atoms with van der Waals surface area (Å²) in [6.07, 6.45) is 1.63. The van der Waals surface area contributed by atoms with Crippen LogP contribution in [-0.2, 0) is 11.3 Å². The molecule has 0 aliphatic carbocycles. The maximum absolute atomic E-state index is 11.2. The third-order valence-corrected chi connectivity index (χ3v) is 5.22. The summed E-state index contributed by atoms with van der Waals surface area (Å²) in [7, 11) is 0. The van der Waals surface area contributed by atoms with Gasteiger partial charge in [0.05, 0.1) is 16.8 Å². The van der Waals surface area contributed by atoms with Crippen LogP contribution in [0.5, 0.6) is 0 Å². The molecule has 3 heterocycles. The van der Waals surface area contributed by atoms with Crippen LogP contribution in [0, 0.1) is 0 Å². The molecule has 1 atom stereocenters. The van der Waals surface area contributed by atoms with Gasteiger partial charge in [-0.1, -0.05) is 12.1 Å². The Morgan fingerprint density at radius 3 is 3.04 bits per heavy atom. The van der Waals surface area contributed by atoms with Crippen LogP contribution in [0.3, 0.4) is 0 Å². The zero-order valence-electron chi connectivity index (χ0n) is 12.4. The number of hydrogen-bond donors (Lipinski definition) is 1. The van der Waals surface area contributed by atoms with Crippen molar-refractivity contribution in [2.75, 3.05) is 6.54 Å². The first kappa shape index (κ1) is 14.4. The van der Waals surface area contributed by atoms with Crippen molar-refractivity contribution in [1.82, 2.24) is 9.88 Å². The van der Waals surface area contributed by atoms with E-state index in [1.165, 1.54) is 0 Å². The number of rotatable bonds is 4. The van der Waals surface area contributed by atoms with Crippen LogP contribution in [0.15, 0.2) is 40.8 Å². The van der Waals surface area contributed by atoms with Crippen LogP contribution in [0.25, 0.3) is 21.0 Å². The molecule has 5 nitrogen and oxygen atoms in total. The van der Waals surface area contributed by atoms with Crippen molar-refractivity contribution in [1.29, 1.82) is 0 Å². The molecule has 1 N–H and O–H groups in total. The van der Waals surface area contributed by atoms with Gasteiger partial charge in [0.25, 0.3) is 0 Å². The molecule has 0 amide bonds. The van der Waals surface area contributed by atoms with Crippen molar-refractivity contribution < 1.29 is 14.3 Å². The van der Waals surface area contributed by atoms with Crippen molar-refractivity contribution in [3.8, 4) is 10.8 Å². The summed E-state index contributed by atoms with van der Waals surface area (Å²) in [6, 6.07) is 11.4. The lowest BCUT2D eigenvalue weighted by atomic mass is 10.2. The number of thiazole rings is 1. The molecular weight excluding hydrogens is 312 g/mol. The normalized spacial score (nSPS) is 18.7. The van der Waals surface area contributed by atoms with E-state index >= 15 is 0 Å². The zero-order chi connectivity index (χ0) is 15.8. The number of furan rings is 1. The summed E-state index contributed by atoms with van der Waals surface area (Å²) in [5, 5.41) is 10.1. The highest BCUT2D eigenvalue weighted by molar-refractivity contribution is 7.21. The number of likely N-dealkylation sites (tertiary alicyclic amines) is 1. The fourth-order valence-electron chi connectivity index (χ4n) is 3.05.